The summed E-state index contributed by atoms with van der Waals surface area (Å²) < 4.78 is 12.4. The van der Waals surface area contributed by atoms with Crippen LogP contribution in [0.3, 0.4) is 0 Å². The molecule has 0 heterocycles. The summed E-state index contributed by atoms with van der Waals surface area (Å²) in [7, 11) is 0. The minimum Gasteiger partial charge on any atom is -0.389 e. The van der Waals surface area contributed by atoms with Gasteiger partial charge < -0.3 is 5.11 Å². The maximum absolute atomic E-state index is 12.4. The molecule has 0 radical (unpaired) electrons. The summed E-state index contributed by atoms with van der Waals surface area (Å²) in [5.41, 5.74) is 0.781. The first-order chi connectivity index (χ1) is 4.20. The molecule has 0 aliphatic heterocycles. The van der Waals surface area contributed by atoms with Gasteiger partial charge in [-0.15, -0.1) is 0 Å². The molecule has 1 aliphatic rings. The fraction of sp³-hybridized carbons (Fsp3) is 0.714. The van der Waals surface area contributed by atoms with Gasteiger partial charge in [0.2, 0.25) is 0 Å². The van der Waals surface area contributed by atoms with E-state index >= 15 is 0 Å². The van der Waals surface area contributed by atoms with Crippen LogP contribution in [0, 0.1) is 0 Å². The minimum absolute atomic E-state index is 0.249. The van der Waals surface area contributed by atoms with E-state index in [1.807, 2.05) is 0 Å². The van der Waals surface area contributed by atoms with E-state index in [-0.39, 0.29) is 6.42 Å². The van der Waals surface area contributed by atoms with Gasteiger partial charge in [0.05, 0.1) is 6.10 Å². The Kier molecular flexibility index (Phi) is 1.86. The summed E-state index contributed by atoms with van der Waals surface area (Å²) in [5, 5.41) is 9.01. The zero-order valence-corrected chi connectivity index (χ0v) is 5.31. The fourth-order valence-corrected chi connectivity index (χ4v) is 1.04. The van der Waals surface area contributed by atoms with E-state index in [2.05, 4.69) is 6.58 Å². The average Bonchev–Trinajstić information content (AvgIpc) is 1.80. The molecule has 0 aromatic heterocycles. The van der Waals surface area contributed by atoms with Gasteiger partial charge in [0, 0.05) is 6.42 Å². The quantitative estimate of drug-likeness (QED) is 0.492. The van der Waals surface area contributed by atoms with Crippen LogP contribution in [0.5, 0.6) is 0 Å². The van der Waals surface area contributed by atoms with E-state index in [0.717, 1.165) is 5.57 Å². The molecule has 2 heteroatoms. The Bertz CT molecular complexity index is 122. The second-order valence-electron chi connectivity index (χ2n) is 2.55. The van der Waals surface area contributed by atoms with Gasteiger partial charge in [0.25, 0.3) is 0 Å². The number of alkyl halides is 1. The number of hydrogen-bond donors (Lipinski definition) is 1. The number of rotatable bonds is 0. The highest BCUT2D eigenvalue weighted by Crippen LogP contribution is 2.24. The molecule has 0 bridgehead atoms. The summed E-state index contributed by atoms with van der Waals surface area (Å²) in [4.78, 5) is 0. The summed E-state index contributed by atoms with van der Waals surface area (Å²) in [6.07, 6.45) is 0.0242. The topological polar surface area (TPSA) is 20.2 Å². The molecule has 0 aromatic carbocycles. The fourth-order valence-electron chi connectivity index (χ4n) is 1.04. The van der Waals surface area contributed by atoms with Gasteiger partial charge in [-0.3, -0.25) is 0 Å². The molecule has 1 fully saturated rings. The van der Waals surface area contributed by atoms with Crippen molar-refractivity contribution >= 4 is 0 Å². The van der Waals surface area contributed by atoms with Gasteiger partial charge in [0.15, 0.2) is 0 Å². The molecule has 0 saturated heterocycles. The van der Waals surface area contributed by atoms with Crippen LogP contribution in [0.15, 0.2) is 12.2 Å². The Hall–Kier alpha value is -0.370. The van der Waals surface area contributed by atoms with Gasteiger partial charge in [-0.05, 0) is 18.4 Å². The number of aliphatic hydroxyl groups excluding tert-OH is 1. The van der Waals surface area contributed by atoms with E-state index in [9.17, 15) is 4.39 Å². The zero-order chi connectivity index (χ0) is 6.85. The van der Waals surface area contributed by atoms with Crippen molar-refractivity contribution in [3.63, 3.8) is 0 Å². The van der Waals surface area contributed by atoms with Crippen molar-refractivity contribution < 1.29 is 9.50 Å². The van der Waals surface area contributed by atoms with E-state index in [4.69, 9.17) is 5.11 Å². The molecule has 0 amide bonds. The lowest BCUT2D eigenvalue weighted by molar-refractivity contribution is 0.126. The van der Waals surface area contributed by atoms with Crippen molar-refractivity contribution in [3.05, 3.63) is 12.2 Å². The molecule has 9 heavy (non-hydrogen) atoms. The van der Waals surface area contributed by atoms with Gasteiger partial charge in [-0.2, -0.15) is 0 Å². The smallest absolute Gasteiger partial charge is 0.103 e. The third-order valence-corrected chi connectivity index (χ3v) is 1.73. The number of aliphatic hydroxyl groups is 1. The summed E-state index contributed by atoms with van der Waals surface area (Å²) in [6, 6.07) is 0. The first kappa shape index (κ1) is 6.75. The second kappa shape index (κ2) is 2.48. The SMILES string of the molecule is C=C1CCC(F)CC1O. The van der Waals surface area contributed by atoms with Crippen molar-refractivity contribution in [1.29, 1.82) is 0 Å². The average molecular weight is 130 g/mol. The van der Waals surface area contributed by atoms with E-state index in [0.29, 0.717) is 12.8 Å². The highest BCUT2D eigenvalue weighted by molar-refractivity contribution is 5.05. The van der Waals surface area contributed by atoms with E-state index in [1.54, 1.807) is 0 Å². The van der Waals surface area contributed by atoms with Gasteiger partial charge in [-0.1, -0.05) is 6.58 Å². The lowest BCUT2D eigenvalue weighted by atomic mass is 9.92. The third-order valence-electron chi connectivity index (χ3n) is 1.73. The van der Waals surface area contributed by atoms with Crippen LogP contribution in [0.25, 0.3) is 0 Å². The van der Waals surface area contributed by atoms with Crippen LogP contribution >= 0.6 is 0 Å². The summed E-state index contributed by atoms with van der Waals surface area (Å²) in [6.45, 7) is 3.61. The standard InChI is InChI=1S/C7H11FO/c1-5-2-3-6(8)4-7(5)9/h6-7,9H,1-4H2. The van der Waals surface area contributed by atoms with Crippen molar-refractivity contribution in [2.75, 3.05) is 0 Å². The van der Waals surface area contributed by atoms with Crippen LogP contribution in [0.1, 0.15) is 19.3 Å². The monoisotopic (exact) mass is 130 g/mol. The predicted octanol–water partition coefficient (Wildman–Crippen LogP) is 1.43. The maximum atomic E-state index is 12.4. The molecule has 1 rings (SSSR count). The largest absolute Gasteiger partial charge is 0.389 e. The normalized spacial score (nSPS) is 36.9. The molecule has 2 atom stereocenters. The Balaban J connectivity index is 2.44. The van der Waals surface area contributed by atoms with Gasteiger partial charge in [0.1, 0.15) is 6.17 Å². The lowest BCUT2D eigenvalue weighted by Crippen LogP contribution is -2.22. The zero-order valence-electron chi connectivity index (χ0n) is 5.31. The Morgan fingerprint density at radius 3 is 2.78 bits per heavy atom. The van der Waals surface area contributed by atoms with E-state index < -0.39 is 12.3 Å². The van der Waals surface area contributed by atoms with Crippen LogP contribution in [-0.2, 0) is 0 Å². The highest BCUT2D eigenvalue weighted by Gasteiger charge is 2.21. The molecule has 1 N–H and O–H groups in total. The first-order valence-electron chi connectivity index (χ1n) is 3.20. The van der Waals surface area contributed by atoms with Gasteiger partial charge >= 0.3 is 0 Å². The van der Waals surface area contributed by atoms with Crippen LogP contribution < -0.4 is 0 Å². The van der Waals surface area contributed by atoms with Crippen LogP contribution in [0.4, 0.5) is 4.39 Å². The van der Waals surface area contributed by atoms with Crippen molar-refractivity contribution in [2.45, 2.75) is 31.5 Å². The van der Waals surface area contributed by atoms with Crippen molar-refractivity contribution in [2.24, 2.45) is 0 Å². The Morgan fingerprint density at radius 2 is 2.33 bits per heavy atom. The van der Waals surface area contributed by atoms with Crippen molar-refractivity contribution in [1.82, 2.24) is 0 Å². The molecule has 1 saturated carbocycles. The number of halogens is 1. The lowest BCUT2D eigenvalue weighted by Gasteiger charge is -2.22. The molecule has 1 nitrogen and oxygen atoms in total. The molecule has 0 spiro atoms. The number of hydrogen-bond acceptors (Lipinski definition) is 1. The summed E-state index contributed by atoms with van der Waals surface area (Å²) >= 11 is 0. The Labute approximate surface area is 54.2 Å². The molecular formula is C7H11FO. The second-order valence-corrected chi connectivity index (χ2v) is 2.55. The third kappa shape index (κ3) is 1.52. The molecule has 0 aromatic rings. The molecule has 2 unspecified atom stereocenters. The van der Waals surface area contributed by atoms with Crippen molar-refractivity contribution in [3.8, 4) is 0 Å². The highest BCUT2D eigenvalue weighted by atomic mass is 19.1. The van der Waals surface area contributed by atoms with Crippen LogP contribution in [0.2, 0.25) is 0 Å². The predicted molar refractivity (Wildman–Crippen MR) is 33.9 cm³/mol. The van der Waals surface area contributed by atoms with E-state index in [1.165, 1.54) is 0 Å². The van der Waals surface area contributed by atoms with Crippen LogP contribution in [-0.4, -0.2) is 17.4 Å². The van der Waals surface area contributed by atoms with Gasteiger partial charge in [-0.25, -0.2) is 4.39 Å². The minimum atomic E-state index is -0.814. The Morgan fingerprint density at radius 1 is 1.67 bits per heavy atom. The maximum Gasteiger partial charge on any atom is 0.103 e. The molecule has 52 valence electrons. The molecular weight excluding hydrogens is 119 g/mol. The molecule has 1 aliphatic carbocycles. The summed E-state index contributed by atoms with van der Waals surface area (Å²) in [5.74, 6) is 0. The first-order valence-corrected chi connectivity index (χ1v) is 3.20.